The zero-order valence-corrected chi connectivity index (χ0v) is 31.4. The fourth-order valence-electron chi connectivity index (χ4n) is 3.27. The predicted octanol–water partition coefficient (Wildman–Crippen LogP) is 4.68. The number of carbonyl (C=O) groups excluding carboxylic acids is 3. The monoisotopic (exact) mass is 729 g/mol. The zero-order valence-electron chi connectivity index (χ0n) is 26.1. The van der Waals surface area contributed by atoms with E-state index in [9.17, 15) is 29.7 Å². The molecular weight excluding hydrogens is 671 g/mol. The number of hydrogen-bond donors (Lipinski definition) is 0. The molecule has 0 bridgehead atoms. The van der Waals surface area contributed by atoms with E-state index in [1.165, 1.54) is 93.1 Å². The van der Waals surface area contributed by atoms with Gasteiger partial charge in [0.15, 0.2) is 0 Å². The van der Waals surface area contributed by atoms with Gasteiger partial charge in [0.2, 0.25) is 0 Å². The van der Waals surface area contributed by atoms with E-state index in [2.05, 4.69) is 41.5 Å². The Morgan fingerprint density at radius 3 is 0.850 bits per heavy atom. The largest absolute Gasteiger partial charge is 3.00 e. The molecule has 0 fully saturated rings. The molecule has 0 aliphatic carbocycles. The molecule has 0 spiro atoms. The second-order valence-electron chi connectivity index (χ2n) is 11.0. The van der Waals surface area contributed by atoms with Crippen molar-refractivity contribution in [2.75, 3.05) is 34.5 Å². The Kier molecular flexibility index (Phi) is 44.0. The van der Waals surface area contributed by atoms with E-state index in [0.717, 1.165) is 54.3 Å². The minimum Gasteiger partial charge on any atom is -0.549 e. The van der Waals surface area contributed by atoms with Gasteiger partial charge in [-0.3, -0.25) is 0 Å². The van der Waals surface area contributed by atoms with Gasteiger partial charge in [-0.25, -0.2) is 0 Å². The van der Waals surface area contributed by atoms with E-state index in [-0.39, 0.29) is 41.2 Å². The van der Waals surface area contributed by atoms with Crippen molar-refractivity contribution < 1.29 is 29.7 Å². The Balaban J connectivity index is -0.000000240. The molecule has 0 N–H and O–H groups in total. The molecule has 0 aliphatic rings. The van der Waals surface area contributed by atoms with Crippen molar-refractivity contribution in [1.29, 1.82) is 0 Å². The Labute approximate surface area is 276 Å². The predicted molar refractivity (Wildman–Crippen MR) is 173 cm³/mol. The molecule has 0 amide bonds. The second-order valence-corrected chi connectivity index (χ2v) is 14.3. The van der Waals surface area contributed by atoms with Crippen LogP contribution in [0.2, 0.25) is 0 Å². The Bertz CT molecular complexity index is 487. The maximum Gasteiger partial charge on any atom is 3.00 e. The van der Waals surface area contributed by atoms with Crippen LogP contribution >= 0.6 is 35.3 Å². The SMILES string of the molecule is CC(C)CCCCCSCC(=O)[O-].CC(C)CCCCCSCC(=O)[O-].CC(C)CCCCCSCC(=O)[O-].[Sn+3]. The molecule has 0 aromatic heterocycles. The molecule has 6 nitrogen and oxygen atoms in total. The van der Waals surface area contributed by atoms with Gasteiger partial charge < -0.3 is 29.7 Å². The van der Waals surface area contributed by atoms with Crippen LogP contribution in [0.3, 0.4) is 0 Å². The molecule has 0 unspecified atom stereocenters. The van der Waals surface area contributed by atoms with Crippen molar-refractivity contribution in [1.82, 2.24) is 0 Å². The molecule has 0 aromatic rings. The number of carboxylic acids is 3. The number of thioether (sulfide) groups is 3. The molecule has 0 aromatic carbocycles. The van der Waals surface area contributed by atoms with E-state index in [1.807, 2.05) is 0 Å². The first-order valence-corrected chi connectivity index (χ1v) is 18.2. The van der Waals surface area contributed by atoms with Crippen molar-refractivity contribution in [2.24, 2.45) is 17.8 Å². The number of rotatable bonds is 24. The summed E-state index contributed by atoms with van der Waals surface area (Å²) < 4.78 is 0. The first-order valence-electron chi connectivity index (χ1n) is 14.7. The van der Waals surface area contributed by atoms with Gasteiger partial charge in [0.05, 0.1) is 17.9 Å². The first-order chi connectivity index (χ1) is 18.4. The van der Waals surface area contributed by atoms with Crippen molar-refractivity contribution in [3.05, 3.63) is 0 Å². The van der Waals surface area contributed by atoms with Gasteiger partial charge in [-0.2, -0.15) is 35.3 Å². The van der Waals surface area contributed by atoms with E-state index in [4.69, 9.17) is 0 Å². The Hall–Kier alpha value is 0.259. The van der Waals surface area contributed by atoms with E-state index >= 15 is 0 Å². The summed E-state index contributed by atoms with van der Waals surface area (Å²) in [7, 11) is 0. The van der Waals surface area contributed by atoms with Crippen LogP contribution in [0.15, 0.2) is 0 Å². The molecule has 0 atom stereocenters. The zero-order chi connectivity index (χ0) is 30.3. The third kappa shape index (κ3) is 58.0. The van der Waals surface area contributed by atoms with Crippen molar-refractivity contribution in [3.8, 4) is 0 Å². The third-order valence-electron chi connectivity index (χ3n) is 5.37. The summed E-state index contributed by atoms with van der Waals surface area (Å²) in [5.41, 5.74) is 0. The molecule has 235 valence electrons. The number of unbranched alkanes of at least 4 members (excludes halogenated alkanes) is 6. The molecule has 10 heteroatoms. The average Bonchev–Trinajstić information content (AvgIpc) is 2.82. The quantitative estimate of drug-likeness (QED) is 0.103. The standard InChI is InChI=1S/3C10H20O2S.Sn/c3*1-9(2)6-4-3-5-7-13-8-10(11)12;/h3*9H,3-8H2,1-2H3,(H,11,12);/q;;;+3/p-3. The molecular formula is C30H57O6S3Sn. The van der Waals surface area contributed by atoms with Crippen molar-refractivity contribution >= 4 is 77.1 Å². The molecule has 0 aliphatic heterocycles. The van der Waals surface area contributed by atoms with E-state index < -0.39 is 17.9 Å². The molecule has 0 heterocycles. The Morgan fingerprint density at radius 1 is 0.450 bits per heavy atom. The number of carboxylic acid groups (broad SMARTS) is 3. The van der Waals surface area contributed by atoms with Gasteiger partial charge in [0.1, 0.15) is 0 Å². The molecule has 0 saturated heterocycles. The van der Waals surface area contributed by atoms with Crippen LogP contribution in [0.4, 0.5) is 0 Å². The maximum atomic E-state index is 10.0. The van der Waals surface area contributed by atoms with E-state index in [1.54, 1.807) is 0 Å². The fraction of sp³-hybridized carbons (Fsp3) is 0.900. The smallest absolute Gasteiger partial charge is 0.549 e. The van der Waals surface area contributed by atoms with Gasteiger partial charge in [0.25, 0.3) is 0 Å². The number of aliphatic carboxylic acids is 3. The van der Waals surface area contributed by atoms with Crippen molar-refractivity contribution in [3.63, 3.8) is 0 Å². The number of carbonyl (C=O) groups is 3. The maximum absolute atomic E-state index is 10.0. The van der Waals surface area contributed by atoms with Crippen LogP contribution in [-0.4, -0.2) is 76.3 Å². The average molecular weight is 729 g/mol. The van der Waals surface area contributed by atoms with Crippen LogP contribution in [0.5, 0.6) is 0 Å². The summed E-state index contributed by atoms with van der Waals surface area (Å²) in [4.78, 5) is 30.1. The minimum absolute atomic E-state index is 0. The van der Waals surface area contributed by atoms with Gasteiger partial charge in [0, 0.05) is 17.3 Å². The molecule has 1 radical (unpaired) electrons. The van der Waals surface area contributed by atoms with E-state index in [0.29, 0.717) is 0 Å². The summed E-state index contributed by atoms with van der Waals surface area (Å²) in [6.45, 7) is 13.4. The summed E-state index contributed by atoms with van der Waals surface area (Å²) in [5, 5.41) is 30.1. The second kappa shape index (κ2) is 37.3. The van der Waals surface area contributed by atoms with Gasteiger partial charge in [-0.1, -0.05) is 99.3 Å². The summed E-state index contributed by atoms with van der Waals surface area (Å²) in [5.74, 6) is 2.79. The summed E-state index contributed by atoms with van der Waals surface area (Å²) in [6, 6.07) is 0. The van der Waals surface area contributed by atoms with Gasteiger partial charge in [-0.05, 0) is 54.3 Å². The number of hydrogen-bond acceptors (Lipinski definition) is 9. The normalized spacial score (nSPS) is 10.4. The van der Waals surface area contributed by atoms with Crippen LogP contribution in [0.1, 0.15) is 119 Å². The minimum atomic E-state index is -0.952. The van der Waals surface area contributed by atoms with Gasteiger partial charge in [-0.15, -0.1) is 0 Å². The fourth-order valence-corrected chi connectivity index (χ4v) is 5.42. The first kappa shape index (κ1) is 47.2. The summed E-state index contributed by atoms with van der Waals surface area (Å²) in [6.07, 6.45) is 14.7. The Morgan fingerprint density at radius 2 is 0.675 bits per heavy atom. The molecule has 0 rings (SSSR count). The third-order valence-corrected chi connectivity index (χ3v) is 8.42. The van der Waals surface area contributed by atoms with Crippen LogP contribution in [0.25, 0.3) is 0 Å². The summed E-state index contributed by atoms with van der Waals surface area (Å²) >= 11 is 4.37. The van der Waals surface area contributed by atoms with Gasteiger partial charge >= 0.3 is 23.9 Å². The topological polar surface area (TPSA) is 120 Å². The van der Waals surface area contributed by atoms with Crippen molar-refractivity contribution in [2.45, 2.75) is 119 Å². The van der Waals surface area contributed by atoms with Crippen LogP contribution < -0.4 is 15.3 Å². The molecule has 40 heavy (non-hydrogen) atoms. The molecule has 0 saturated carbocycles. The van der Waals surface area contributed by atoms with Crippen LogP contribution in [-0.2, 0) is 14.4 Å². The van der Waals surface area contributed by atoms with Crippen LogP contribution in [0, 0.1) is 17.8 Å².